The minimum atomic E-state index is -0.482. The Morgan fingerprint density at radius 1 is 1.58 bits per heavy atom. The second kappa shape index (κ2) is 7.33. The number of amides is 1. The van der Waals surface area contributed by atoms with Crippen LogP contribution < -0.4 is 15.8 Å². The monoisotopic (exact) mass is 332 g/mol. The number of nitrogen functional groups attached to an aromatic ring is 1. The number of halogens is 2. The Bertz CT molecular complexity index is 455. The molecule has 1 atom stereocenters. The summed E-state index contributed by atoms with van der Waals surface area (Å²) in [7, 11) is 0. The first-order chi connectivity index (χ1) is 8.93. The summed E-state index contributed by atoms with van der Waals surface area (Å²) in [5.41, 5.74) is 5.95. The lowest BCUT2D eigenvalue weighted by Gasteiger charge is -2.14. The number of anilines is 1. The van der Waals surface area contributed by atoms with E-state index in [-0.39, 0.29) is 34.5 Å². The van der Waals surface area contributed by atoms with E-state index in [0.29, 0.717) is 0 Å². The first-order valence-electron chi connectivity index (χ1n) is 6.10. The van der Waals surface area contributed by atoms with Crippen LogP contribution in [0.25, 0.3) is 0 Å². The average Bonchev–Trinajstić information content (AvgIpc) is 2.32. The van der Waals surface area contributed by atoms with E-state index < -0.39 is 5.82 Å². The Balaban J connectivity index is 2.53. The fourth-order valence-electron chi connectivity index (χ4n) is 1.63. The highest BCUT2D eigenvalue weighted by Gasteiger charge is 2.10. The molecule has 0 aliphatic heterocycles. The molecule has 0 saturated carbocycles. The van der Waals surface area contributed by atoms with Gasteiger partial charge in [-0.05, 0) is 35.3 Å². The van der Waals surface area contributed by atoms with Crippen molar-refractivity contribution >= 4 is 27.5 Å². The Labute approximate surface area is 120 Å². The summed E-state index contributed by atoms with van der Waals surface area (Å²) in [6.07, 6.45) is 1.90. The van der Waals surface area contributed by atoms with Gasteiger partial charge in [0, 0.05) is 12.1 Å². The number of nitrogens with one attached hydrogen (secondary N) is 1. The molecule has 0 radical (unpaired) electrons. The van der Waals surface area contributed by atoms with Crippen molar-refractivity contribution < 1.29 is 13.9 Å². The maximum atomic E-state index is 13.3. The third-order valence-electron chi connectivity index (χ3n) is 2.54. The normalized spacial score (nSPS) is 12.0. The summed E-state index contributed by atoms with van der Waals surface area (Å²) >= 11 is 3.02. The van der Waals surface area contributed by atoms with Crippen LogP contribution in [0.3, 0.4) is 0 Å². The van der Waals surface area contributed by atoms with Gasteiger partial charge in [-0.3, -0.25) is 4.79 Å². The highest BCUT2D eigenvalue weighted by molar-refractivity contribution is 9.10. The largest absolute Gasteiger partial charge is 0.482 e. The second-order valence-corrected chi connectivity index (χ2v) is 5.20. The van der Waals surface area contributed by atoms with Gasteiger partial charge >= 0.3 is 0 Å². The van der Waals surface area contributed by atoms with Gasteiger partial charge in [-0.15, -0.1) is 0 Å². The number of nitrogens with two attached hydrogens (primary N) is 1. The van der Waals surface area contributed by atoms with E-state index in [4.69, 9.17) is 10.5 Å². The smallest absolute Gasteiger partial charge is 0.258 e. The number of rotatable bonds is 6. The van der Waals surface area contributed by atoms with Crippen LogP contribution in [0.2, 0.25) is 0 Å². The third kappa shape index (κ3) is 5.06. The molecule has 106 valence electrons. The quantitative estimate of drug-likeness (QED) is 0.787. The zero-order valence-electron chi connectivity index (χ0n) is 11.0. The average molecular weight is 333 g/mol. The molecule has 6 heteroatoms. The lowest BCUT2D eigenvalue weighted by Crippen LogP contribution is -2.36. The molecule has 3 N–H and O–H groups in total. The highest BCUT2D eigenvalue weighted by Crippen LogP contribution is 2.28. The Kier molecular flexibility index (Phi) is 6.08. The Hall–Kier alpha value is -1.30. The Morgan fingerprint density at radius 2 is 2.26 bits per heavy atom. The van der Waals surface area contributed by atoms with E-state index in [0.717, 1.165) is 18.9 Å². The van der Waals surface area contributed by atoms with Gasteiger partial charge in [-0.25, -0.2) is 4.39 Å². The van der Waals surface area contributed by atoms with Crippen molar-refractivity contribution in [3.63, 3.8) is 0 Å². The summed E-state index contributed by atoms with van der Waals surface area (Å²) < 4.78 is 18.8. The maximum Gasteiger partial charge on any atom is 0.258 e. The van der Waals surface area contributed by atoms with Crippen molar-refractivity contribution in [3.8, 4) is 5.75 Å². The summed E-state index contributed by atoms with van der Waals surface area (Å²) in [6, 6.07) is 2.66. The molecule has 19 heavy (non-hydrogen) atoms. The molecule has 0 heterocycles. The van der Waals surface area contributed by atoms with Crippen molar-refractivity contribution in [1.29, 1.82) is 0 Å². The molecule has 1 aromatic carbocycles. The van der Waals surface area contributed by atoms with E-state index in [1.165, 1.54) is 6.07 Å². The van der Waals surface area contributed by atoms with Gasteiger partial charge < -0.3 is 15.8 Å². The number of carbonyl (C=O) groups excluding carboxylic acids is 1. The highest BCUT2D eigenvalue weighted by atomic mass is 79.9. The van der Waals surface area contributed by atoms with Gasteiger partial charge in [0.2, 0.25) is 0 Å². The van der Waals surface area contributed by atoms with E-state index in [1.807, 2.05) is 13.8 Å². The van der Waals surface area contributed by atoms with E-state index in [9.17, 15) is 9.18 Å². The second-order valence-electron chi connectivity index (χ2n) is 4.35. The molecule has 0 saturated heterocycles. The summed E-state index contributed by atoms with van der Waals surface area (Å²) in [4.78, 5) is 11.6. The fraction of sp³-hybridized carbons (Fsp3) is 0.462. The third-order valence-corrected chi connectivity index (χ3v) is 3.15. The minimum absolute atomic E-state index is 0.0973. The maximum absolute atomic E-state index is 13.3. The van der Waals surface area contributed by atoms with Gasteiger partial charge in [0.1, 0.15) is 11.6 Å². The number of hydrogen-bond acceptors (Lipinski definition) is 3. The van der Waals surface area contributed by atoms with E-state index in [2.05, 4.69) is 21.2 Å². The summed E-state index contributed by atoms with van der Waals surface area (Å²) in [5, 5.41) is 2.79. The van der Waals surface area contributed by atoms with Crippen LogP contribution in [0, 0.1) is 5.82 Å². The molecule has 0 aliphatic rings. The van der Waals surface area contributed by atoms with E-state index >= 15 is 0 Å². The molecule has 1 aromatic rings. The molecule has 1 rings (SSSR count). The van der Waals surface area contributed by atoms with Gasteiger partial charge in [-0.2, -0.15) is 0 Å². The molecule has 1 unspecified atom stereocenters. The molecular formula is C13H18BrFN2O2. The first-order valence-corrected chi connectivity index (χ1v) is 6.90. The summed E-state index contributed by atoms with van der Waals surface area (Å²) in [5.74, 6) is -0.563. The molecule has 4 nitrogen and oxygen atoms in total. The van der Waals surface area contributed by atoms with Crippen molar-refractivity contribution in [2.24, 2.45) is 0 Å². The lowest BCUT2D eigenvalue weighted by atomic mass is 10.2. The number of benzene rings is 1. The van der Waals surface area contributed by atoms with Gasteiger partial charge in [0.15, 0.2) is 6.61 Å². The van der Waals surface area contributed by atoms with Crippen LogP contribution in [-0.2, 0) is 4.79 Å². The number of carbonyl (C=O) groups is 1. The van der Waals surface area contributed by atoms with Crippen LogP contribution in [0.1, 0.15) is 26.7 Å². The summed E-state index contributed by atoms with van der Waals surface area (Å²) in [6.45, 7) is 3.79. The van der Waals surface area contributed by atoms with Crippen LogP contribution in [0.4, 0.5) is 10.1 Å². The minimum Gasteiger partial charge on any atom is -0.482 e. The molecular weight excluding hydrogens is 315 g/mol. The van der Waals surface area contributed by atoms with Crippen molar-refractivity contribution in [2.75, 3.05) is 12.3 Å². The molecule has 0 aromatic heterocycles. The molecule has 0 aliphatic carbocycles. The standard InChI is InChI=1S/C13H18BrFN2O2/c1-3-4-8(2)17-13(18)7-19-12-6-10(15)9(14)5-11(12)16/h5-6,8H,3-4,7,16H2,1-2H3,(H,17,18). The number of ether oxygens (including phenoxy) is 1. The fourth-order valence-corrected chi connectivity index (χ4v) is 2.00. The van der Waals surface area contributed by atoms with Crippen molar-refractivity contribution in [3.05, 3.63) is 22.4 Å². The molecule has 0 spiro atoms. The van der Waals surface area contributed by atoms with E-state index in [1.54, 1.807) is 0 Å². The zero-order chi connectivity index (χ0) is 14.4. The predicted molar refractivity (Wildman–Crippen MR) is 76.5 cm³/mol. The van der Waals surface area contributed by atoms with Gasteiger partial charge in [0.05, 0.1) is 10.2 Å². The molecule has 1 amide bonds. The molecule has 0 fully saturated rings. The first kappa shape index (κ1) is 15.8. The van der Waals surface area contributed by atoms with Crippen LogP contribution >= 0.6 is 15.9 Å². The van der Waals surface area contributed by atoms with Gasteiger partial charge in [0.25, 0.3) is 5.91 Å². The topological polar surface area (TPSA) is 64.3 Å². The SMILES string of the molecule is CCCC(C)NC(=O)COc1cc(F)c(Br)cc1N. The van der Waals surface area contributed by atoms with Crippen molar-refractivity contribution in [1.82, 2.24) is 5.32 Å². The Morgan fingerprint density at radius 3 is 2.89 bits per heavy atom. The van der Waals surface area contributed by atoms with Gasteiger partial charge in [-0.1, -0.05) is 13.3 Å². The lowest BCUT2D eigenvalue weighted by molar-refractivity contribution is -0.123. The number of hydrogen-bond donors (Lipinski definition) is 2. The predicted octanol–water partition coefficient (Wildman–Crippen LogP) is 2.85. The van der Waals surface area contributed by atoms with Crippen LogP contribution in [0.15, 0.2) is 16.6 Å². The van der Waals surface area contributed by atoms with Crippen LogP contribution in [0.5, 0.6) is 5.75 Å². The van der Waals surface area contributed by atoms with Crippen molar-refractivity contribution in [2.45, 2.75) is 32.7 Å². The molecule has 0 bridgehead atoms. The zero-order valence-corrected chi connectivity index (χ0v) is 12.6. The van der Waals surface area contributed by atoms with Crippen LogP contribution in [-0.4, -0.2) is 18.6 Å².